The number of halogens is 4. The highest BCUT2D eigenvalue weighted by Gasteiger charge is 2.23. The Labute approximate surface area is 173 Å². The fourth-order valence-electron chi connectivity index (χ4n) is 4.33. The van der Waals surface area contributed by atoms with E-state index >= 15 is 0 Å². The SMILES string of the molecule is CCC1CCC(c2cc(F)c(C#Cc3ccc4c(F)c(F)ccc4c3)c(F)c2)CC1. The molecule has 4 rings (SSSR count). The van der Waals surface area contributed by atoms with Crippen LogP contribution < -0.4 is 0 Å². The maximum Gasteiger partial charge on any atom is 0.166 e. The van der Waals surface area contributed by atoms with Crippen LogP contribution >= 0.6 is 0 Å². The molecule has 0 amide bonds. The fourth-order valence-corrected chi connectivity index (χ4v) is 4.33. The zero-order valence-corrected chi connectivity index (χ0v) is 16.7. The zero-order valence-electron chi connectivity index (χ0n) is 16.7. The molecule has 0 spiro atoms. The van der Waals surface area contributed by atoms with Gasteiger partial charge in [0.05, 0.1) is 5.56 Å². The van der Waals surface area contributed by atoms with Crippen LogP contribution in [0.4, 0.5) is 17.6 Å². The first-order valence-corrected chi connectivity index (χ1v) is 10.3. The Morgan fingerprint density at radius 2 is 1.50 bits per heavy atom. The number of rotatable bonds is 2. The van der Waals surface area contributed by atoms with E-state index in [9.17, 15) is 17.6 Å². The van der Waals surface area contributed by atoms with Gasteiger partial charge in [0.1, 0.15) is 11.6 Å². The van der Waals surface area contributed by atoms with Gasteiger partial charge in [0.2, 0.25) is 0 Å². The molecule has 3 aromatic carbocycles. The molecule has 1 aliphatic carbocycles. The van der Waals surface area contributed by atoms with Crippen LogP contribution in [0.15, 0.2) is 42.5 Å². The molecule has 0 aliphatic heterocycles. The summed E-state index contributed by atoms with van der Waals surface area (Å²) in [6.45, 7) is 2.18. The Morgan fingerprint density at radius 1 is 0.800 bits per heavy atom. The second-order valence-corrected chi connectivity index (χ2v) is 8.03. The summed E-state index contributed by atoms with van der Waals surface area (Å²) in [6, 6.07) is 9.80. The molecule has 1 saturated carbocycles. The van der Waals surface area contributed by atoms with Gasteiger partial charge in [-0.2, -0.15) is 0 Å². The summed E-state index contributed by atoms with van der Waals surface area (Å²) in [5.74, 6) is 3.04. The third-order valence-electron chi connectivity index (χ3n) is 6.20. The molecular formula is C26H22F4. The summed E-state index contributed by atoms with van der Waals surface area (Å²) in [7, 11) is 0. The molecule has 0 radical (unpaired) electrons. The van der Waals surface area contributed by atoms with Crippen LogP contribution in [0.3, 0.4) is 0 Å². The third kappa shape index (κ3) is 4.07. The maximum atomic E-state index is 14.6. The van der Waals surface area contributed by atoms with Gasteiger partial charge >= 0.3 is 0 Å². The molecular weight excluding hydrogens is 388 g/mol. The van der Waals surface area contributed by atoms with Crippen LogP contribution in [0.1, 0.15) is 61.6 Å². The molecule has 0 saturated heterocycles. The molecule has 30 heavy (non-hydrogen) atoms. The summed E-state index contributed by atoms with van der Waals surface area (Å²) >= 11 is 0. The predicted molar refractivity (Wildman–Crippen MR) is 111 cm³/mol. The lowest BCUT2D eigenvalue weighted by Gasteiger charge is -2.28. The van der Waals surface area contributed by atoms with Gasteiger partial charge in [0.15, 0.2) is 11.6 Å². The lowest BCUT2D eigenvalue weighted by molar-refractivity contribution is 0.318. The fraction of sp³-hybridized carbons (Fsp3) is 0.308. The van der Waals surface area contributed by atoms with Crippen molar-refractivity contribution in [3.05, 3.63) is 82.4 Å². The summed E-state index contributed by atoms with van der Waals surface area (Å²) in [4.78, 5) is 0. The van der Waals surface area contributed by atoms with Gasteiger partial charge in [-0.3, -0.25) is 0 Å². The summed E-state index contributed by atoms with van der Waals surface area (Å²) < 4.78 is 56.4. The number of hydrogen-bond acceptors (Lipinski definition) is 0. The van der Waals surface area contributed by atoms with Crippen LogP contribution in [-0.2, 0) is 0 Å². The second-order valence-electron chi connectivity index (χ2n) is 8.03. The van der Waals surface area contributed by atoms with Crippen molar-refractivity contribution in [3.8, 4) is 11.8 Å². The van der Waals surface area contributed by atoms with Crippen molar-refractivity contribution in [2.24, 2.45) is 5.92 Å². The molecule has 0 aromatic heterocycles. The van der Waals surface area contributed by atoms with E-state index in [1.807, 2.05) is 0 Å². The quantitative estimate of drug-likeness (QED) is 0.303. The maximum absolute atomic E-state index is 14.6. The number of fused-ring (bicyclic) bond motifs is 1. The molecule has 0 nitrogen and oxygen atoms in total. The van der Waals surface area contributed by atoms with Crippen molar-refractivity contribution < 1.29 is 17.6 Å². The van der Waals surface area contributed by atoms with Gasteiger partial charge in [-0.15, -0.1) is 0 Å². The molecule has 4 heteroatoms. The normalized spacial score (nSPS) is 18.8. The van der Waals surface area contributed by atoms with Crippen molar-refractivity contribution in [3.63, 3.8) is 0 Å². The minimum atomic E-state index is -0.923. The van der Waals surface area contributed by atoms with Crippen LogP contribution in [0.25, 0.3) is 10.8 Å². The minimum absolute atomic E-state index is 0.139. The molecule has 3 aromatic rings. The topological polar surface area (TPSA) is 0 Å². The van der Waals surface area contributed by atoms with E-state index in [-0.39, 0.29) is 16.9 Å². The summed E-state index contributed by atoms with van der Waals surface area (Å²) in [5.41, 5.74) is 0.897. The Hall–Kier alpha value is -2.80. The van der Waals surface area contributed by atoms with Crippen molar-refractivity contribution in [2.75, 3.05) is 0 Å². The molecule has 0 atom stereocenters. The molecule has 0 heterocycles. The number of hydrogen-bond donors (Lipinski definition) is 0. The van der Waals surface area contributed by atoms with E-state index in [0.717, 1.165) is 38.2 Å². The van der Waals surface area contributed by atoms with Crippen LogP contribution in [-0.4, -0.2) is 0 Å². The highest BCUT2D eigenvalue weighted by Crippen LogP contribution is 2.37. The monoisotopic (exact) mass is 410 g/mol. The van der Waals surface area contributed by atoms with Gasteiger partial charge in [0.25, 0.3) is 0 Å². The van der Waals surface area contributed by atoms with E-state index in [0.29, 0.717) is 22.4 Å². The molecule has 0 bridgehead atoms. The van der Waals surface area contributed by atoms with E-state index in [1.165, 1.54) is 30.3 Å². The second kappa shape index (κ2) is 8.52. The Kier molecular flexibility index (Phi) is 5.81. The average molecular weight is 410 g/mol. The standard InChI is InChI=1S/C26H22F4/c1-2-16-3-7-18(8-4-16)20-14-24(28)22(25(29)15-20)11-6-17-5-10-21-19(13-17)9-12-23(27)26(21)30/h5,9-10,12-16,18H,2-4,7-8H2,1H3. The first-order valence-electron chi connectivity index (χ1n) is 10.3. The third-order valence-corrected chi connectivity index (χ3v) is 6.20. The Balaban J connectivity index is 1.59. The van der Waals surface area contributed by atoms with Gasteiger partial charge in [0, 0.05) is 10.9 Å². The first-order chi connectivity index (χ1) is 14.5. The van der Waals surface area contributed by atoms with Crippen LogP contribution in [0.2, 0.25) is 0 Å². The van der Waals surface area contributed by atoms with Crippen LogP contribution in [0, 0.1) is 41.0 Å². The van der Waals surface area contributed by atoms with E-state index in [1.54, 1.807) is 6.07 Å². The molecule has 154 valence electrons. The highest BCUT2D eigenvalue weighted by atomic mass is 19.2. The van der Waals surface area contributed by atoms with Crippen molar-refractivity contribution in [1.29, 1.82) is 0 Å². The molecule has 0 unspecified atom stereocenters. The number of benzene rings is 3. The lowest BCUT2D eigenvalue weighted by atomic mass is 9.77. The van der Waals surface area contributed by atoms with E-state index in [4.69, 9.17) is 0 Å². The molecule has 1 fully saturated rings. The van der Waals surface area contributed by atoms with Crippen molar-refractivity contribution in [2.45, 2.75) is 44.9 Å². The zero-order chi connectivity index (χ0) is 21.3. The van der Waals surface area contributed by atoms with Gasteiger partial charge in [-0.1, -0.05) is 37.3 Å². The smallest absolute Gasteiger partial charge is 0.166 e. The highest BCUT2D eigenvalue weighted by molar-refractivity contribution is 5.84. The molecule has 1 aliphatic rings. The van der Waals surface area contributed by atoms with E-state index in [2.05, 4.69) is 18.8 Å². The van der Waals surface area contributed by atoms with Gasteiger partial charge in [-0.25, -0.2) is 17.6 Å². The molecule has 0 N–H and O–H groups in total. The first kappa shape index (κ1) is 20.5. The lowest BCUT2D eigenvalue weighted by Crippen LogP contribution is -2.13. The average Bonchev–Trinajstić information content (AvgIpc) is 2.75. The van der Waals surface area contributed by atoms with Gasteiger partial charge in [-0.05, 0) is 78.8 Å². The van der Waals surface area contributed by atoms with Crippen LogP contribution in [0.5, 0.6) is 0 Å². The minimum Gasteiger partial charge on any atom is -0.206 e. The Bertz CT molecular complexity index is 1120. The van der Waals surface area contributed by atoms with E-state index < -0.39 is 23.3 Å². The summed E-state index contributed by atoms with van der Waals surface area (Å²) in [6.07, 6.45) is 5.25. The Morgan fingerprint density at radius 3 is 2.17 bits per heavy atom. The summed E-state index contributed by atoms with van der Waals surface area (Å²) in [5, 5.41) is 0.611. The predicted octanol–water partition coefficient (Wildman–Crippen LogP) is 7.48. The van der Waals surface area contributed by atoms with Crippen molar-refractivity contribution in [1.82, 2.24) is 0 Å². The van der Waals surface area contributed by atoms with Crippen molar-refractivity contribution >= 4 is 10.8 Å². The van der Waals surface area contributed by atoms with Gasteiger partial charge < -0.3 is 0 Å². The largest absolute Gasteiger partial charge is 0.206 e.